The van der Waals surface area contributed by atoms with Gasteiger partial charge in [-0.2, -0.15) is 0 Å². The lowest BCUT2D eigenvalue weighted by molar-refractivity contribution is 0.185. The maximum Gasteiger partial charge on any atom is 0.840 e. The topological polar surface area (TPSA) is 105 Å². The maximum atomic E-state index is 10.9. The predicted octanol–water partition coefficient (Wildman–Crippen LogP) is -1.08. The molecule has 0 N–H and O–H groups in total. The standard InChI is InChI=1S/C3H3BO8Si2/c1-9-2(5)13(7)11-4-10-3(6)14(8)12-4/h1H3. The summed E-state index contributed by atoms with van der Waals surface area (Å²) in [6.45, 7) is 0. The molecule has 0 aromatic heterocycles. The Hall–Kier alpha value is -1.36. The molecule has 0 aromatic carbocycles. The summed E-state index contributed by atoms with van der Waals surface area (Å²) in [6, 6.07) is 0. The smallest absolute Gasteiger partial charge is 0.522 e. The van der Waals surface area contributed by atoms with Gasteiger partial charge in [-0.25, -0.2) is 9.59 Å². The highest BCUT2D eigenvalue weighted by atomic mass is 28.3. The molecule has 0 radical (unpaired) electrons. The first kappa shape index (κ1) is 10.7. The first-order valence-corrected chi connectivity index (χ1v) is 5.88. The van der Waals surface area contributed by atoms with Crippen molar-refractivity contribution in [3.05, 3.63) is 0 Å². The number of carbonyl (C=O) groups is 2. The molecule has 8 nitrogen and oxygen atoms in total. The zero-order valence-corrected chi connectivity index (χ0v) is 8.84. The van der Waals surface area contributed by atoms with E-state index in [1.807, 2.05) is 0 Å². The third-order valence-corrected chi connectivity index (χ3v) is 2.93. The molecule has 74 valence electrons. The molecule has 1 aliphatic rings. The number of hydrogen-bond donors (Lipinski definition) is 0. The van der Waals surface area contributed by atoms with Gasteiger partial charge in [0, 0.05) is 0 Å². The van der Waals surface area contributed by atoms with Gasteiger partial charge in [0.25, 0.3) is 0 Å². The van der Waals surface area contributed by atoms with Crippen LogP contribution in [0.25, 0.3) is 0 Å². The fraction of sp³-hybridized carbons (Fsp3) is 0.333. The van der Waals surface area contributed by atoms with E-state index in [-0.39, 0.29) is 0 Å². The van der Waals surface area contributed by atoms with Gasteiger partial charge in [0.05, 0.1) is 7.11 Å². The lowest BCUT2D eigenvalue weighted by Gasteiger charge is -2.02. The monoisotopic (exact) mass is 234 g/mol. The third-order valence-electron chi connectivity index (χ3n) is 1.13. The summed E-state index contributed by atoms with van der Waals surface area (Å²) in [5.41, 5.74) is -2.18. The Bertz CT molecular complexity index is 298. The van der Waals surface area contributed by atoms with Crippen LogP contribution >= 0.6 is 0 Å². The fourth-order valence-corrected chi connectivity index (χ4v) is 1.75. The molecule has 0 saturated carbocycles. The minimum Gasteiger partial charge on any atom is -0.522 e. The Balaban J connectivity index is 2.47. The normalized spacial score (nSPS) is 14.5. The highest BCUT2D eigenvalue weighted by Crippen LogP contribution is 2.04. The van der Waals surface area contributed by atoms with E-state index in [1.165, 1.54) is 0 Å². The van der Waals surface area contributed by atoms with Gasteiger partial charge in [0.15, 0.2) is 0 Å². The number of hydrogen-bond acceptors (Lipinski definition) is 8. The second-order valence-corrected chi connectivity index (χ2v) is 4.43. The van der Waals surface area contributed by atoms with Crippen molar-refractivity contribution in [2.45, 2.75) is 0 Å². The van der Waals surface area contributed by atoms with E-state index in [0.717, 1.165) is 7.11 Å². The van der Waals surface area contributed by atoms with E-state index >= 15 is 0 Å². The summed E-state index contributed by atoms with van der Waals surface area (Å²) in [7, 11) is -6.80. The van der Waals surface area contributed by atoms with Crippen molar-refractivity contribution in [2.75, 3.05) is 7.11 Å². The Morgan fingerprint density at radius 2 is 2.29 bits per heavy atom. The highest BCUT2D eigenvalue weighted by Gasteiger charge is 2.49. The van der Waals surface area contributed by atoms with Crippen LogP contribution in [0.4, 0.5) is 9.59 Å². The molecule has 14 heavy (non-hydrogen) atoms. The number of ether oxygens (including phenoxy) is 1. The third kappa shape index (κ3) is 2.32. The van der Waals surface area contributed by atoms with Crippen LogP contribution in [0.15, 0.2) is 0 Å². The second kappa shape index (κ2) is 4.23. The molecule has 0 amide bonds. The largest absolute Gasteiger partial charge is 0.840 e. The SMILES string of the molecule is COC(=O)[Si](=O)OB1OC(=O)[Si](=O)O1. The summed E-state index contributed by atoms with van der Waals surface area (Å²) in [6.07, 6.45) is 0. The van der Waals surface area contributed by atoms with E-state index in [2.05, 4.69) is 18.1 Å². The van der Waals surface area contributed by atoms with Gasteiger partial charge in [-0.3, -0.25) is 0 Å². The van der Waals surface area contributed by atoms with Gasteiger partial charge in [0.2, 0.25) is 0 Å². The van der Waals surface area contributed by atoms with Crippen LogP contribution in [0, 0.1) is 0 Å². The molecule has 1 fully saturated rings. The van der Waals surface area contributed by atoms with Crippen molar-refractivity contribution >= 4 is 36.4 Å². The van der Waals surface area contributed by atoms with Gasteiger partial charge in [0.1, 0.15) is 0 Å². The van der Waals surface area contributed by atoms with Crippen LogP contribution in [-0.2, 0) is 27.0 Å². The summed E-state index contributed by atoms with van der Waals surface area (Å²) < 4.78 is 38.4. The molecular weight excluding hydrogens is 231 g/mol. The lowest BCUT2D eigenvalue weighted by atomic mass is 10.3. The molecule has 11 heteroatoms. The average molecular weight is 234 g/mol. The van der Waals surface area contributed by atoms with E-state index in [1.54, 1.807) is 0 Å². The predicted molar refractivity (Wildman–Crippen MR) is 39.7 cm³/mol. The molecule has 0 bridgehead atoms. The van der Waals surface area contributed by atoms with Crippen molar-refractivity contribution in [1.29, 1.82) is 0 Å². The van der Waals surface area contributed by atoms with Crippen LogP contribution in [0.3, 0.4) is 0 Å². The quantitative estimate of drug-likeness (QED) is 0.568. The summed E-state index contributed by atoms with van der Waals surface area (Å²) in [5, 5.41) is 0. The van der Waals surface area contributed by atoms with Gasteiger partial charge >= 0.3 is 36.4 Å². The number of carbonyl (C=O) groups excluding carboxylic acids is 2. The van der Waals surface area contributed by atoms with Crippen LogP contribution < -0.4 is 0 Å². The van der Waals surface area contributed by atoms with Crippen LogP contribution in [0.5, 0.6) is 0 Å². The molecule has 0 spiro atoms. The van der Waals surface area contributed by atoms with Gasteiger partial charge in [-0.1, -0.05) is 0 Å². The Kier molecular flexibility index (Phi) is 3.24. The fourth-order valence-electron chi connectivity index (χ4n) is 0.562. The minimum absolute atomic E-state index is 1.01. The van der Waals surface area contributed by atoms with Crippen LogP contribution in [0.2, 0.25) is 0 Å². The van der Waals surface area contributed by atoms with Crippen molar-refractivity contribution in [3.63, 3.8) is 0 Å². The molecule has 1 rings (SSSR count). The molecule has 1 heterocycles. The van der Waals surface area contributed by atoms with E-state index in [0.29, 0.717) is 0 Å². The van der Waals surface area contributed by atoms with E-state index in [4.69, 9.17) is 0 Å². The zero-order valence-electron chi connectivity index (χ0n) is 6.84. The number of methoxy groups -OCH3 is 1. The Morgan fingerprint density at radius 1 is 1.64 bits per heavy atom. The number of rotatable bonds is 3. The van der Waals surface area contributed by atoms with Crippen molar-refractivity contribution < 1.29 is 36.6 Å². The second-order valence-electron chi connectivity index (χ2n) is 2.00. The van der Waals surface area contributed by atoms with Gasteiger partial charge in [-0.05, 0) is 0 Å². The van der Waals surface area contributed by atoms with Crippen molar-refractivity contribution in [3.8, 4) is 0 Å². The van der Waals surface area contributed by atoms with E-state index in [9.17, 15) is 18.5 Å². The zero-order chi connectivity index (χ0) is 10.7. The lowest BCUT2D eigenvalue weighted by Crippen LogP contribution is -2.31. The Labute approximate surface area is 80.8 Å². The molecule has 1 aliphatic heterocycles. The van der Waals surface area contributed by atoms with Crippen molar-refractivity contribution in [1.82, 2.24) is 0 Å². The van der Waals surface area contributed by atoms with Gasteiger partial charge < -0.3 is 27.0 Å². The summed E-state index contributed by atoms with van der Waals surface area (Å²) in [5.74, 6) is 0. The molecular formula is C3H3BO8Si2. The summed E-state index contributed by atoms with van der Waals surface area (Å²) in [4.78, 5) is 21.1. The molecule has 1 saturated heterocycles. The van der Waals surface area contributed by atoms with E-state index < -0.39 is 36.4 Å². The molecule has 0 unspecified atom stereocenters. The summed E-state index contributed by atoms with van der Waals surface area (Å²) >= 11 is 0. The Morgan fingerprint density at radius 3 is 2.71 bits per heavy atom. The molecule has 0 aliphatic carbocycles. The first-order chi connectivity index (χ1) is 6.54. The van der Waals surface area contributed by atoms with Gasteiger partial charge in [-0.15, -0.1) is 0 Å². The maximum absolute atomic E-state index is 10.9. The van der Waals surface area contributed by atoms with Crippen LogP contribution in [0.1, 0.15) is 0 Å². The molecule has 0 aromatic rings. The van der Waals surface area contributed by atoms with Crippen molar-refractivity contribution in [2.24, 2.45) is 0 Å². The minimum atomic E-state index is -3.18. The first-order valence-electron chi connectivity index (χ1n) is 3.25. The molecule has 0 atom stereocenters. The highest BCUT2D eigenvalue weighted by molar-refractivity contribution is 6.85. The van der Waals surface area contributed by atoms with Crippen LogP contribution in [-0.4, -0.2) is 43.5 Å². The average Bonchev–Trinajstić information content (AvgIpc) is 2.44.